The Kier molecular flexibility index (Phi) is 8.05. The molecule has 10 nitrogen and oxygen atoms in total. The van der Waals surface area contributed by atoms with Crippen LogP contribution in [0.3, 0.4) is 0 Å². The Bertz CT molecular complexity index is 1180. The Labute approximate surface area is 217 Å². The van der Waals surface area contributed by atoms with Crippen molar-refractivity contribution in [1.82, 2.24) is 30.6 Å². The molecule has 2 heterocycles. The molecule has 2 N–H and O–H groups in total. The third-order valence-electron chi connectivity index (χ3n) is 6.19. The largest absolute Gasteiger partial charge is 0.444 e. The van der Waals surface area contributed by atoms with Crippen molar-refractivity contribution in [3.63, 3.8) is 0 Å². The van der Waals surface area contributed by atoms with Crippen LogP contribution >= 0.6 is 0 Å². The van der Waals surface area contributed by atoms with Crippen molar-refractivity contribution in [2.45, 2.75) is 70.7 Å². The summed E-state index contributed by atoms with van der Waals surface area (Å²) in [7, 11) is 1.85. The molecule has 1 aromatic carbocycles. The third-order valence-corrected chi connectivity index (χ3v) is 6.19. The third kappa shape index (κ3) is 7.28. The van der Waals surface area contributed by atoms with Gasteiger partial charge in [0.25, 0.3) is 0 Å². The van der Waals surface area contributed by atoms with E-state index in [2.05, 4.69) is 25.9 Å². The van der Waals surface area contributed by atoms with E-state index in [-0.39, 0.29) is 18.1 Å². The zero-order valence-corrected chi connectivity index (χ0v) is 21.8. The van der Waals surface area contributed by atoms with Crippen LogP contribution in [0.15, 0.2) is 54.9 Å². The SMILES string of the molecule is Cn1cc(-c2ccc(N(C(=O)NCc3ccccc3)[C@H]3CC[C@H](NC(=O)OC(C)(C)C)CC3)nn2)cn1. The van der Waals surface area contributed by atoms with E-state index >= 15 is 0 Å². The second kappa shape index (κ2) is 11.4. The number of rotatable bonds is 6. The Balaban J connectivity index is 1.46. The zero-order valence-electron chi connectivity index (χ0n) is 21.8. The molecule has 0 atom stereocenters. The number of aryl methyl sites for hydroxylation is 1. The number of alkyl carbamates (subject to hydrolysis) is 1. The molecule has 0 spiro atoms. The van der Waals surface area contributed by atoms with Gasteiger partial charge in [0.05, 0.1) is 11.9 Å². The number of anilines is 1. The van der Waals surface area contributed by atoms with Crippen molar-refractivity contribution >= 4 is 17.9 Å². The Morgan fingerprint density at radius 3 is 2.38 bits per heavy atom. The second-order valence-electron chi connectivity index (χ2n) is 10.3. The summed E-state index contributed by atoms with van der Waals surface area (Å²) in [6.45, 7) is 5.94. The Hall–Kier alpha value is -3.95. The number of carbonyl (C=O) groups is 2. The highest BCUT2D eigenvalue weighted by Crippen LogP contribution is 2.28. The minimum Gasteiger partial charge on any atom is -0.444 e. The predicted octanol–water partition coefficient (Wildman–Crippen LogP) is 4.43. The summed E-state index contributed by atoms with van der Waals surface area (Å²) in [5.74, 6) is 0.488. The standard InChI is InChI=1S/C27H35N7O3/c1-27(2,3)37-26(36)30-21-10-12-22(13-11-21)34(25(35)28-16-19-8-6-5-7-9-19)24-15-14-23(31-32-24)20-17-29-33(4)18-20/h5-9,14-15,17-18,21-22H,10-13,16H2,1-4H3,(H,28,35)(H,30,36)/t21-,22-. The van der Waals surface area contributed by atoms with Crippen molar-refractivity contribution in [2.24, 2.45) is 7.05 Å². The average Bonchev–Trinajstić information content (AvgIpc) is 3.30. The molecular weight excluding hydrogens is 470 g/mol. The first-order valence-corrected chi connectivity index (χ1v) is 12.6. The van der Waals surface area contributed by atoms with Gasteiger partial charge in [0.15, 0.2) is 5.82 Å². The fourth-order valence-corrected chi connectivity index (χ4v) is 4.43. The number of ether oxygens (including phenoxy) is 1. The minimum atomic E-state index is -0.546. The molecule has 196 valence electrons. The van der Waals surface area contributed by atoms with Gasteiger partial charge < -0.3 is 15.4 Å². The van der Waals surface area contributed by atoms with Crippen molar-refractivity contribution in [3.05, 3.63) is 60.4 Å². The number of hydrogen-bond acceptors (Lipinski definition) is 6. The van der Waals surface area contributed by atoms with E-state index < -0.39 is 11.7 Å². The van der Waals surface area contributed by atoms with Crippen LogP contribution in [0.4, 0.5) is 15.4 Å². The molecule has 3 amide bonds. The lowest BCUT2D eigenvalue weighted by Gasteiger charge is -2.36. The lowest BCUT2D eigenvalue weighted by Crippen LogP contribution is -2.50. The number of aromatic nitrogens is 4. The molecule has 3 aromatic rings. The quantitative estimate of drug-likeness (QED) is 0.512. The van der Waals surface area contributed by atoms with Crippen LogP contribution in [0.1, 0.15) is 52.0 Å². The van der Waals surface area contributed by atoms with Crippen molar-refractivity contribution < 1.29 is 14.3 Å². The van der Waals surface area contributed by atoms with Gasteiger partial charge >= 0.3 is 12.1 Å². The topological polar surface area (TPSA) is 114 Å². The molecule has 4 rings (SSSR count). The van der Waals surface area contributed by atoms with Gasteiger partial charge in [-0.15, -0.1) is 10.2 Å². The molecule has 1 fully saturated rings. The Morgan fingerprint density at radius 2 is 1.78 bits per heavy atom. The van der Waals surface area contributed by atoms with E-state index in [1.165, 1.54) is 0 Å². The molecule has 1 aliphatic rings. The van der Waals surface area contributed by atoms with Crippen molar-refractivity contribution in [2.75, 3.05) is 4.90 Å². The Morgan fingerprint density at radius 1 is 1.05 bits per heavy atom. The lowest BCUT2D eigenvalue weighted by molar-refractivity contribution is 0.0491. The molecular formula is C27H35N7O3. The first-order chi connectivity index (χ1) is 17.7. The fourth-order valence-electron chi connectivity index (χ4n) is 4.43. The highest BCUT2D eigenvalue weighted by Gasteiger charge is 2.32. The molecule has 1 saturated carbocycles. The van der Waals surface area contributed by atoms with Gasteiger partial charge in [0, 0.05) is 37.4 Å². The maximum Gasteiger partial charge on any atom is 0.407 e. The summed E-state index contributed by atoms with van der Waals surface area (Å²) >= 11 is 0. The van der Waals surface area contributed by atoms with Gasteiger partial charge in [0.1, 0.15) is 5.60 Å². The van der Waals surface area contributed by atoms with Crippen molar-refractivity contribution in [3.8, 4) is 11.3 Å². The average molecular weight is 506 g/mol. The van der Waals surface area contributed by atoms with E-state index in [0.29, 0.717) is 30.9 Å². The number of nitrogens with one attached hydrogen (secondary N) is 2. The highest BCUT2D eigenvalue weighted by molar-refractivity contribution is 5.91. The van der Waals surface area contributed by atoms with Gasteiger partial charge in [-0.3, -0.25) is 9.58 Å². The number of carbonyl (C=O) groups excluding carboxylic acids is 2. The van der Waals surface area contributed by atoms with E-state index in [4.69, 9.17) is 4.74 Å². The molecule has 10 heteroatoms. The van der Waals surface area contributed by atoms with Gasteiger partial charge in [0.2, 0.25) is 0 Å². The van der Waals surface area contributed by atoms with Gasteiger partial charge in [-0.05, 0) is 64.2 Å². The highest BCUT2D eigenvalue weighted by atomic mass is 16.6. The van der Waals surface area contributed by atoms with Crippen molar-refractivity contribution in [1.29, 1.82) is 0 Å². The number of urea groups is 1. The predicted molar refractivity (Wildman–Crippen MR) is 141 cm³/mol. The van der Waals surface area contributed by atoms with Crippen LogP contribution in [-0.4, -0.2) is 49.8 Å². The molecule has 0 unspecified atom stereocenters. The number of hydrogen-bond donors (Lipinski definition) is 2. The van der Waals surface area contributed by atoms with Crippen LogP contribution in [0, 0.1) is 0 Å². The maximum absolute atomic E-state index is 13.4. The van der Waals surface area contributed by atoms with Gasteiger partial charge in [-0.1, -0.05) is 30.3 Å². The zero-order chi connectivity index (χ0) is 26.4. The molecule has 0 aliphatic heterocycles. The first-order valence-electron chi connectivity index (χ1n) is 12.6. The number of benzene rings is 1. The minimum absolute atomic E-state index is 0.000583. The fraction of sp³-hybridized carbons (Fsp3) is 0.444. The monoisotopic (exact) mass is 505 g/mol. The normalized spacial score (nSPS) is 17.6. The maximum atomic E-state index is 13.4. The van der Waals surface area contributed by atoms with E-state index in [0.717, 1.165) is 24.0 Å². The lowest BCUT2D eigenvalue weighted by atomic mass is 9.90. The molecule has 0 saturated heterocycles. The number of amides is 3. The molecule has 37 heavy (non-hydrogen) atoms. The molecule has 0 bridgehead atoms. The summed E-state index contributed by atoms with van der Waals surface area (Å²) in [6, 6.07) is 13.2. The summed E-state index contributed by atoms with van der Waals surface area (Å²) < 4.78 is 7.10. The van der Waals surface area contributed by atoms with Gasteiger partial charge in [-0.25, -0.2) is 9.59 Å². The van der Waals surface area contributed by atoms with E-state index in [1.54, 1.807) is 15.8 Å². The smallest absolute Gasteiger partial charge is 0.407 e. The van der Waals surface area contributed by atoms with Crippen LogP contribution in [0.5, 0.6) is 0 Å². The van der Waals surface area contributed by atoms with Crippen LogP contribution in [0.2, 0.25) is 0 Å². The molecule has 2 aromatic heterocycles. The van der Waals surface area contributed by atoms with E-state index in [9.17, 15) is 9.59 Å². The van der Waals surface area contributed by atoms with Crippen LogP contribution < -0.4 is 15.5 Å². The van der Waals surface area contributed by atoms with Crippen LogP contribution in [0.25, 0.3) is 11.3 Å². The van der Waals surface area contributed by atoms with E-state index in [1.807, 2.05) is 76.5 Å². The summed E-state index contributed by atoms with van der Waals surface area (Å²) in [5.41, 5.74) is 2.01. The summed E-state index contributed by atoms with van der Waals surface area (Å²) in [4.78, 5) is 27.3. The number of nitrogens with zero attached hydrogens (tertiary/aromatic N) is 5. The summed E-state index contributed by atoms with van der Waals surface area (Å²) in [5, 5.41) is 19.0. The molecule has 1 aliphatic carbocycles. The van der Waals surface area contributed by atoms with Gasteiger partial charge in [-0.2, -0.15) is 5.10 Å². The molecule has 0 radical (unpaired) electrons. The van der Waals surface area contributed by atoms with Crippen LogP contribution in [-0.2, 0) is 18.3 Å². The summed E-state index contributed by atoms with van der Waals surface area (Å²) in [6.07, 6.45) is 6.07. The first kappa shape index (κ1) is 26.1. The second-order valence-corrected chi connectivity index (χ2v) is 10.3.